The Morgan fingerprint density at radius 3 is 2.67 bits per heavy atom. The minimum absolute atomic E-state index is 0.129. The van der Waals surface area contributed by atoms with E-state index in [1.54, 1.807) is 0 Å². The van der Waals surface area contributed by atoms with E-state index in [1.165, 1.54) is 25.3 Å². The molecule has 0 radical (unpaired) electrons. The summed E-state index contributed by atoms with van der Waals surface area (Å²) in [6.45, 7) is 0. The molecular formula is C14H17ClN2O4. The van der Waals surface area contributed by atoms with E-state index in [-0.39, 0.29) is 22.9 Å². The number of halogens is 1. The fourth-order valence-electron chi connectivity index (χ4n) is 2.63. The topological polar surface area (TPSA) is 81.5 Å². The number of alkyl halides is 1. The van der Waals surface area contributed by atoms with Crippen LogP contribution in [0.3, 0.4) is 0 Å². The molecule has 1 aromatic carbocycles. The zero-order chi connectivity index (χ0) is 15.5. The molecule has 0 atom stereocenters. The van der Waals surface area contributed by atoms with Crippen molar-refractivity contribution in [2.75, 3.05) is 13.0 Å². The van der Waals surface area contributed by atoms with Crippen molar-refractivity contribution in [2.45, 2.75) is 31.2 Å². The Labute approximate surface area is 127 Å². The lowest BCUT2D eigenvalue weighted by Gasteiger charge is -2.27. The van der Waals surface area contributed by atoms with Gasteiger partial charge in [0.2, 0.25) is 0 Å². The predicted octanol–water partition coefficient (Wildman–Crippen LogP) is 2.88. The summed E-state index contributed by atoms with van der Waals surface area (Å²) in [6, 6.07) is 4.16. The number of ether oxygens (including phenoxy) is 1. The van der Waals surface area contributed by atoms with Gasteiger partial charge in [0.05, 0.1) is 17.6 Å². The maximum Gasteiger partial charge on any atom is 0.311 e. The summed E-state index contributed by atoms with van der Waals surface area (Å²) in [5.74, 6) is 0.129. The maximum absolute atomic E-state index is 12.3. The van der Waals surface area contributed by atoms with Crippen LogP contribution in [0.25, 0.3) is 0 Å². The average molecular weight is 313 g/mol. The Morgan fingerprint density at radius 1 is 1.48 bits per heavy atom. The van der Waals surface area contributed by atoms with Gasteiger partial charge < -0.3 is 10.1 Å². The highest BCUT2D eigenvalue weighted by atomic mass is 35.5. The second-order valence-electron chi connectivity index (χ2n) is 5.22. The summed E-state index contributed by atoms with van der Waals surface area (Å²) in [5.41, 5.74) is -0.386. The number of nitrogens with zero attached hydrogens (tertiary/aromatic N) is 1. The van der Waals surface area contributed by atoms with E-state index in [1.807, 2.05) is 0 Å². The van der Waals surface area contributed by atoms with Crippen molar-refractivity contribution in [1.82, 2.24) is 5.32 Å². The van der Waals surface area contributed by atoms with Crippen molar-refractivity contribution in [2.24, 2.45) is 0 Å². The molecule has 114 valence electrons. The van der Waals surface area contributed by atoms with Crippen LogP contribution in [-0.4, -0.2) is 29.4 Å². The first-order valence-corrected chi connectivity index (χ1v) is 7.26. The van der Waals surface area contributed by atoms with Crippen LogP contribution in [-0.2, 0) is 0 Å². The van der Waals surface area contributed by atoms with Crippen molar-refractivity contribution in [3.63, 3.8) is 0 Å². The van der Waals surface area contributed by atoms with Crippen LogP contribution in [0.4, 0.5) is 5.69 Å². The van der Waals surface area contributed by atoms with Crippen molar-refractivity contribution >= 4 is 23.2 Å². The maximum atomic E-state index is 12.3. The molecule has 0 heterocycles. The van der Waals surface area contributed by atoms with E-state index in [4.69, 9.17) is 16.3 Å². The monoisotopic (exact) mass is 312 g/mol. The van der Waals surface area contributed by atoms with Gasteiger partial charge >= 0.3 is 5.69 Å². The first-order valence-electron chi connectivity index (χ1n) is 6.72. The predicted molar refractivity (Wildman–Crippen MR) is 79.0 cm³/mol. The van der Waals surface area contributed by atoms with Gasteiger partial charge in [0.25, 0.3) is 5.91 Å². The number of nitro groups is 1. The highest BCUT2D eigenvalue weighted by Gasteiger charge is 2.35. The first kappa shape index (κ1) is 15.6. The number of nitrogens with one attached hydrogen (secondary N) is 1. The van der Waals surface area contributed by atoms with Crippen LogP contribution >= 0.6 is 11.6 Å². The molecule has 1 aliphatic rings. The van der Waals surface area contributed by atoms with E-state index in [0.29, 0.717) is 5.88 Å². The van der Waals surface area contributed by atoms with Crippen molar-refractivity contribution in [1.29, 1.82) is 0 Å². The Morgan fingerprint density at radius 2 is 2.14 bits per heavy atom. The van der Waals surface area contributed by atoms with Crippen molar-refractivity contribution < 1.29 is 14.5 Å². The minimum Gasteiger partial charge on any atom is -0.490 e. The lowest BCUT2D eigenvalue weighted by atomic mass is 9.99. The van der Waals surface area contributed by atoms with Gasteiger partial charge in [-0.2, -0.15) is 0 Å². The number of rotatable bonds is 5. The molecule has 1 saturated carbocycles. The van der Waals surface area contributed by atoms with E-state index in [2.05, 4.69) is 5.32 Å². The van der Waals surface area contributed by atoms with Gasteiger partial charge in [0.1, 0.15) is 0 Å². The lowest BCUT2D eigenvalue weighted by molar-refractivity contribution is -0.385. The number of hydrogen-bond acceptors (Lipinski definition) is 4. The average Bonchev–Trinajstić information content (AvgIpc) is 2.95. The molecule has 1 N–H and O–H groups in total. The van der Waals surface area contributed by atoms with Gasteiger partial charge in [0, 0.05) is 17.5 Å². The standard InChI is InChI=1S/C14H17ClN2O4/c1-21-12-5-4-10(8-11(12)17(19)20)13(18)16-14(9-15)6-2-3-7-14/h4-5,8H,2-3,6-7,9H2,1H3,(H,16,18). The third kappa shape index (κ3) is 3.26. The van der Waals surface area contributed by atoms with E-state index in [0.717, 1.165) is 25.7 Å². The van der Waals surface area contributed by atoms with Gasteiger partial charge in [0.15, 0.2) is 5.75 Å². The molecule has 6 nitrogen and oxygen atoms in total. The molecule has 1 aromatic rings. The zero-order valence-electron chi connectivity index (χ0n) is 11.7. The molecule has 1 fully saturated rings. The largest absolute Gasteiger partial charge is 0.490 e. The smallest absolute Gasteiger partial charge is 0.311 e. The number of hydrogen-bond donors (Lipinski definition) is 1. The normalized spacial score (nSPS) is 16.5. The van der Waals surface area contributed by atoms with Gasteiger partial charge in [-0.3, -0.25) is 14.9 Å². The molecule has 0 saturated heterocycles. The summed E-state index contributed by atoms with van der Waals surface area (Å²) >= 11 is 5.98. The fourth-order valence-corrected chi connectivity index (χ4v) is 2.96. The molecule has 0 unspecified atom stereocenters. The SMILES string of the molecule is COc1ccc(C(=O)NC2(CCl)CCCC2)cc1[N+](=O)[O-]. The van der Waals surface area contributed by atoms with Gasteiger partial charge in [-0.05, 0) is 25.0 Å². The Balaban J connectivity index is 2.23. The molecule has 0 aliphatic heterocycles. The van der Waals surface area contributed by atoms with Crippen LogP contribution in [0.1, 0.15) is 36.0 Å². The molecule has 0 bridgehead atoms. The van der Waals surface area contributed by atoms with Crippen molar-refractivity contribution in [3.8, 4) is 5.75 Å². The molecule has 0 spiro atoms. The summed E-state index contributed by atoms with van der Waals surface area (Å²) in [4.78, 5) is 22.7. The molecule has 1 amide bonds. The van der Waals surface area contributed by atoms with E-state index < -0.39 is 10.5 Å². The van der Waals surface area contributed by atoms with Crippen LogP contribution in [0.5, 0.6) is 5.75 Å². The first-order chi connectivity index (χ1) is 10.0. The summed E-state index contributed by atoms with van der Waals surface area (Å²) in [5, 5.41) is 13.9. The highest BCUT2D eigenvalue weighted by Crippen LogP contribution is 2.32. The number of benzene rings is 1. The number of carbonyl (C=O) groups is 1. The van der Waals surface area contributed by atoms with Crippen LogP contribution < -0.4 is 10.1 Å². The van der Waals surface area contributed by atoms with Gasteiger partial charge in [-0.15, -0.1) is 11.6 Å². The quantitative estimate of drug-likeness (QED) is 0.515. The molecule has 1 aliphatic carbocycles. The molecular weight excluding hydrogens is 296 g/mol. The van der Waals surface area contributed by atoms with Crippen LogP contribution in [0, 0.1) is 10.1 Å². The van der Waals surface area contributed by atoms with Crippen molar-refractivity contribution in [3.05, 3.63) is 33.9 Å². The van der Waals surface area contributed by atoms with Gasteiger partial charge in [-0.25, -0.2) is 0 Å². The number of methoxy groups -OCH3 is 1. The minimum atomic E-state index is -0.567. The summed E-state index contributed by atoms with van der Waals surface area (Å²) in [7, 11) is 1.35. The van der Waals surface area contributed by atoms with E-state index in [9.17, 15) is 14.9 Å². The Hall–Kier alpha value is -1.82. The number of carbonyl (C=O) groups excluding carboxylic acids is 1. The van der Waals surface area contributed by atoms with E-state index >= 15 is 0 Å². The number of amides is 1. The molecule has 2 rings (SSSR count). The fraction of sp³-hybridized carbons (Fsp3) is 0.500. The summed E-state index contributed by atoms with van der Waals surface area (Å²) in [6.07, 6.45) is 3.71. The third-order valence-corrected chi connectivity index (χ3v) is 4.34. The molecule has 7 heteroatoms. The third-order valence-electron chi connectivity index (χ3n) is 3.83. The lowest BCUT2D eigenvalue weighted by Crippen LogP contribution is -2.47. The second-order valence-corrected chi connectivity index (χ2v) is 5.49. The molecule has 21 heavy (non-hydrogen) atoms. The van der Waals surface area contributed by atoms with Crippen LogP contribution in [0.2, 0.25) is 0 Å². The van der Waals surface area contributed by atoms with Crippen LogP contribution in [0.15, 0.2) is 18.2 Å². The van der Waals surface area contributed by atoms with Gasteiger partial charge in [-0.1, -0.05) is 12.8 Å². The summed E-state index contributed by atoms with van der Waals surface area (Å²) < 4.78 is 4.92. The Kier molecular flexibility index (Phi) is 4.67. The Bertz CT molecular complexity index is 556. The second kappa shape index (κ2) is 6.30. The highest BCUT2D eigenvalue weighted by molar-refractivity contribution is 6.19. The zero-order valence-corrected chi connectivity index (χ0v) is 12.5. The molecule has 0 aromatic heterocycles. The number of nitro benzene ring substituents is 1.